The maximum Gasteiger partial charge on any atom is 0.0488 e. The molecule has 4 aliphatic rings. The molecule has 0 aromatic carbocycles. The fourth-order valence-corrected chi connectivity index (χ4v) is 7.91. The Bertz CT molecular complexity index is 258. The number of hydrogen-bond donors (Lipinski definition) is 1. The molecule has 4 aliphatic carbocycles. The lowest BCUT2D eigenvalue weighted by Gasteiger charge is -2.68. The van der Waals surface area contributed by atoms with Crippen molar-refractivity contribution in [1.82, 2.24) is 0 Å². The molecule has 1 nitrogen and oxygen atoms in total. The third kappa shape index (κ3) is 1.44. The molecule has 0 amide bonds. The van der Waals surface area contributed by atoms with Crippen LogP contribution in [0.5, 0.6) is 0 Å². The summed E-state index contributed by atoms with van der Waals surface area (Å²) in [6.45, 7) is 5.26. The van der Waals surface area contributed by atoms with Crippen LogP contribution in [0, 0.1) is 16.2 Å². The van der Waals surface area contributed by atoms with E-state index in [9.17, 15) is 5.11 Å². The summed E-state index contributed by atoms with van der Waals surface area (Å²) in [5.41, 5.74) is 1.20. The first-order valence-electron chi connectivity index (χ1n) is 6.10. The molecule has 0 spiro atoms. The van der Waals surface area contributed by atoms with E-state index in [0.717, 1.165) is 0 Å². The van der Waals surface area contributed by atoms with E-state index in [0.29, 0.717) is 21.8 Å². The van der Waals surface area contributed by atoms with Gasteiger partial charge in [-0.15, -0.1) is 0 Å². The Hall–Kier alpha value is 0.440. The molecule has 4 rings (SSSR count). The van der Waals surface area contributed by atoms with Gasteiger partial charge in [0, 0.05) is 10.9 Å². The zero-order chi connectivity index (χ0) is 10.9. The molecule has 0 radical (unpaired) electrons. The summed E-state index contributed by atoms with van der Waals surface area (Å²) < 4.78 is 0.341. The Balaban J connectivity index is 2.06. The molecule has 86 valence electrons. The molecule has 2 heteroatoms. The third-order valence-corrected chi connectivity index (χ3v) is 5.81. The van der Waals surface area contributed by atoms with Crippen molar-refractivity contribution in [3.05, 3.63) is 0 Å². The average molecular weight is 273 g/mol. The van der Waals surface area contributed by atoms with Gasteiger partial charge in [-0.05, 0) is 54.8 Å². The monoisotopic (exact) mass is 272 g/mol. The van der Waals surface area contributed by atoms with Crippen LogP contribution in [-0.4, -0.2) is 16.0 Å². The third-order valence-electron chi connectivity index (χ3n) is 4.97. The molecule has 4 fully saturated rings. The quantitative estimate of drug-likeness (QED) is 0.725. The van der Waals surface area contributed by atoms with Crippen LogP contribution in [0.25, 0.3) is 0 Å². The van der Waals surface area contributed by atoms with Crippen molar-refractivity contribution in [2.24, 2.45) is 16.2 Å². The predicted molar refractivity (Wildman–Crippen MR) is 65.1 cm³/mol. The largest absolute Gasteiger partial charge is 0.396 e. The van der Waals surface area contributed by atoms with E-state index in [-0.39, 0.29) is 5.41 Å². The Kier molecular flexibility index (Phi) is 1.86. The van der Waals surface area contributed by atoms with Crippen LogP contribution in [0.15, 0.2) is 0 Å². The second kappa shape index (κ2) is 2.64. The van der Waals surface area contributed by atoms with Crippen LogP contribution in [0.3, 0.4) is 0 Å². The Morgan fingerprint density at radius 3 is 1.87 bits per heavy atom. The van der Waals surface area contributed by atoms with Gasteiger partial charge < -0.3 is 5.11 Å². The van der Waals surface area contributed by atoms with E-state index in [1.165, 1.54) is 38.5 Å². The van der Waals surface area contributed by atoms with Crippen LogP contribution in [0.1, 0.15) is 52.4 Å². The standard InChI is InChI=1S/C13H21BrO/c1-10-3-11(2)5-12(4-10,9-15)8-13(14,6-10)7-11/h15H,3-9H2,1-2H3/t10-,11+,12?,13?. The lowest BCUT2D eigenvalue weighted by Crippen LogP contribution is -2.61. The summed E-state index contributed by atoms with van der Waals surface area (Å²) in [5.74, 6) is 0. The fraction of sp³-hybridized carbons (Fsp3) is 1.00. The van der Waals surface area contributed by atoms with Gasteiger partial charge in [0.25, 0.3) is 0 Å². The average Bonchev–Trinajstić information content (AvgIpc) is 1.94. The maximum absolute atomic E-state index is 9.75. The zero-order valence-corrected chi connectivity index (χ0v) is 11.4. The van der Waals surface area contributed by atoms with Crippen molar-refractivity contribution >= 4 is 15.9 Å². The van der Waals surface area contributed by atoms with E-state index in [2.05, 4.69) is 29.8 Å². The summed E-state index contributed by atoms with van der Waals surface area (Å²) in [5, 5.41) is 9.75. The predicted octanol–water partition coefficient (Wildman–Crippen LogP) is 3.49. The van der Waals surface area contributed by atoms with Gasteiger partial charge in [-0.2, -0.15) is 0 Å². The molecule has 2 unspecified atom stereocenters. The fourth-order valence-electron chi connectivity index (χ4n) is 5.96. The van der Waals surface area contributed by atoms with Gasteiger partial charge in [-0.25, -0.2) is 0 Å². The van der Waals surface area contributed by atoms with Crippen LogP contribution in [-0.2, 0) is 0 Å². The van der Waals surface area contributed by atoms with Crippen molar-refractivity contribution in [2.45, 2.75) is 56.7 Å². The van der Waals surface area contributed by atoms with E-state index < -0.39 is 0 Å². The summed E-state index contributed by atoms with van der Waals surface area (Å²) in [6, 6.07) is 0. The Morgan fingerprint density at radius 2 is 1.47 bits per heavy atom. The van der Waals surface area contributed by atoms with Gasteiger partial charge in [0.05, 0.1) is 0 Å². The van der Waals surface area contributed by atoms with Gasteiger partial charge >= 0.3 is 0 Å². The highest BCUT2D eigenvalue weighted by Gasteiger charge is 2.64. The lowest BCUT2D eigenvalue weighted by atomic mass is 9.40. The summed E-state index contributed by atoms with van der Waals surface area (Å²) >= 11 is 3.99. The number of rotatable bonds is 1. The van der Waals surface area contributed by atoms with Crippen LogP contribution in [0.2, 0.25) is 0 Å². The van der Waals surface area contributed by atoms with Crippen molar-refractivity contribution in [3.8, 4) is 0 Å². The highest BCUT2D eigenvalue weighted by Crippen LogP contribution is 2.72. The van der Waals surface area contributed by atoms with Crippen LogP contribution < -0.4 is 0 Å². The molecular formula is C13H21BrO. The molecule has 1 N–H and O–H groups in total. The molecule has 4 saturated carbocycles. The number of aliphatic hydroxyl groups excluding tert-OH is 1. The second-order valence-electron chi connectivity index (χ2n) is 7.49. The van der Waals surface area contributed by atoms with E-state index in [1.54, 1.807) is 0 Å². The minimum absolute atomic E-state index is 0.238. The molecule has 4 bridgehead atoms. The highest BCUT2D eigenvalue weighted by molar-refractivity contribution is 9.10. The number of hydrogen-bond acceptors (Lipinski definition) is 1. The molecule has 0 saturated heterocycles. The molecular weight excluding hydrogens is 252 g/mol. The Morgan fingerprint density at radius 1 is 0.933 bits per heavy atom. The van der Waals surface area contributed by atoms with Gasteiger partial charge in [0.2, 0.25) is 0 Å². The molecule has 4 atom stereocenters. The maximum atomic E-state index is 9.75. The van der Waals surface area contributed by atoms with Gasteiger partial charge in [0.15, 0.2) is 0 Å². The number of halogens is 1. The summed E-state index contributed by atoms with van der Waals surface area (Å²) in [7, 11) is 0. The van der Waals surface area contributed by atoms with E-state index >= 15 is 0 Å². The number of aliphatic hydroxyl groups is 1. The molecule has 0 aliphatic heterocycles. The van der Waals surface area contributed by atoms with E-state index in [4.69, 9.17) is 0 Å². The second-order valence-corrected chi connectivity index (χ2v) is 9.17. The van der Waals surface area contributed by atoms with Crippen LogP contribution >= 0.6 is 15.9 Å². The summed E-state index contributed by atoms with van der Waals surface area (Å²) in [4.78, 5) is 0. The SMILES string of the molecule is C[C@]12CC3(Br)CC(CO)(C1)C[C@@](C)(C3)C2. The first-order chi connectivity index (χ1) is 6.80. The van der Waals surface area contributed by atoms with E-state index in [1.807, 2.05) is 0 Å². The highest BCUT2D eigenvalue weighted by atomic mass is 79.9. The van der Waals surface area contributed by atoms with Crippen molar-refractivity contribution in [2.75, 3.05) is 6.61 Å². The van der Waals surface area contributed by atoms with Crippen molar-refractivity contribution < 1.29 is 5.11 Å². The van der Waals surface area contributed by atoms with Crippen molar-refractivity contribution in [1.29, 1.82) is 0 Å². The Labute approximate surface area is 101 Å². The minimum Gasteiger partial charge on any atom is -0.396 e. The molecule has 0 heterocycles. The lowest BCUT2D eigenvalue weighted by molar-refractivity contribution is -0.146. The zero-order valence-electron chi connectivity index (χ0n) is 9.77. The van der Waals surface area contributed by atoms with Gasteiger partial charge in [0.1, 0.15) is 0 Å². The molecule has 0 aromatic heterocycles. The minimum atomic E-state index is 0.238. The number of alkyl halides is 1. The van der Waals surface area contributed by atoms with Crippen LogP contribution in [0.4, 0.5) is 0 Å². The first-order valence-corrected chi connectivity index (χ1v) is 6.89. The smallest absolute Gasteiger partial charge is 0.0488 e. The molecule has 15 heavy (non-hydrogen) atoms. The van der Waals surface area contributed by atoms with Gasteiger partial charge in [-0.1, -0.05) is 29.8 Å². The van der Waals surface area contributed by atoms with Crippen molar-refractivity contribution in [3.63, 3.8) is 0 Å². The normalized spacial score (nSPS) is 62.4. The summed E-state index contributed by atoms with van der Waals surface area (Å²) in [6.07, 6.45) is 7.70. The topological polar surface area (TPSA) is 20.2 Å². The first kappa shape index (κ1) is 10.6. The van der Waals surface area contributed by atoms with Gasteiger partial charge in [-0.3, -0.25) is 0 Å². The molecule has 0 aromatic rings.